The van der Waals surface area contributed by atoms with Crippen molar-refractivity contribution in [3.63, 3.8) is 0 Å². The molecular weight excluding hydrogens is 216 g/mol. The molecule has 4 nitrogen and oxygen atoms in total. The van der Waals surface area contributed by atoms with Crippen LogP contribution in [0.15, 0.2) is 0 Å². The number of rotatable bonds is 5. The van der Waals surface area contributed by atoms with Crippen molar-refractivity contribution in [1.82, 2.24) is 10.6 Å². The van der Waals surface area contributed by atoms with E-state index in [1.165, 1.54) is 0 Å². The van der Waals surface area contributed by atoms with Crippen LogP contribution in [0.4, 0.5) is 4.79 Å². The van der Waals surface area contributed by atoms with E-state index in [0.717, 1.165) is 32.2 Å². The summed E-state index contributed by atoms with van der Waals surface area (Å²) in [6.45, 7) is 7.73. The second kappa shape index (κ2) is 7.54. The summed E-state index contributed by atoms with van der Waals surface area (Å²) in [6, 6.07) is 0.925. The third-order valence-corrected chi connectivity index (χ3v) is 3.09. The predicted octanol–water partition coefficient (Wildman–Crippen LogP) is 2.29. The van der Waals surface area contributed by atoms with Crippen LogP contribution < -0.4 is 10.6 Å². The standard InChI is InChI=1S/C13H26N2O2/c1-4-14-11-5-7-12(8-6-11)15-13(16)17-9-10(2)3/h10-12,14H,4-9H2,1-3H3,(H,15,16). The molecule has 0 heterocycles. The number of hydrogen-bond donors (Lipinski definition) is 2. The Morgan fingerprint density at radius 2 is 1.82 bits per heavy atom. The maximum Gasteiger partial charge on any atom is 0.407 e. The normalized spacial score (nSPS) is 24.7. The van der Waals surface area contributed by atoms with Gasteiger partial charge in [0.1, 0.15) is 0 Å². The summed E-state index contributed by atoms with van der Waals surface area (Å²) in [6.07, 6.45) is 4.13. The second-order valence-corrected chi connectivity index (χ2v) is 5.24. The highest BCUT2D eigenvalue weighted by Gasteiger charge is 2.22. The van der Waals surface area contributed by atoms with Crippen molar-refractivity contribution in [3.05, 3.63) is 0 Å². The van der Waals surface area contributed by atoms with Gasteiger partial charge in [-0.3, -0.25) is 0 Å². The molecule has 0 radical (unpaired) electrons. The maximum atomic E-state index is 11.5. The number of nitrogens with one attached hydrogen (secondary N) is 2. The Morgan fingerprint density at radius 3 is 2.35 bits per heavy atom. The van der Waals surface area contributed by atoms with Gasteiger partial charge in [-0.1, -0.05) is 20.8 Å². The molecular formula is C13H26N2O2. The molecule has 2 N–H and O–H groups in total. The molecule has 0 aromatic carbocycles. The summed E-state index contributed by atoms with van der Waals surface area (Å²) in [5.74, 6) is 0.394. The number of ether oxygens (including phenoxy) is 1. The summed E-state index contributed by atoms with van der Waals surface area (Å²) < 4.78 is 5.11. The van der Waals surface area contributed by atoms with E-state index in [0.29, 0.717) is 24.6 Å². The van der Waals surface area contributed by atoms with Crippen LogP contribution in [0.25, 0.3) is 0 Å². The molecule has 1 rings (SSSR count). The monoisotopic (exact) mass is 242 g/mol. The number of alkyl carbamates (subject to hydrolysis) is 1. The van der Waals surface area contributed by atoms with Gasteiger partial charge in [-0.05, 0) is 38.1 Å². The first-order chi connectivity index (χ1) is 8.11. The van der Waals surface area contributed by atoms with Crippen molar-refractivity contribution >= 4 is 6.09 Å². The highest BCUT2D eigenvalue weighted by molar-refractivity contribution is 5.67. The fourth-order valence-electron chi connectivity index (χ4n) is 2.18. The van der Waals surface area contributed by atoms with Crippen LogP contribution in [0.3, 0.4) is 0 Å². The van der Waals surface area contributed by atoms with Crippen molar-refractivity contribution < 1.29 is 9.53 Å². The third-order valence-electron chi connectivity index (χ3n) is 3.09. The summed E-state index contributed by atoms with van der Waals surface area (Å²) in [4.78, 5) is 11.5. The SMILES string of the molecule is CCNC1CCC(NC(=O)OCC(C)C)CC1. The lowest BCUT2D eigenvalue weighted by atomic mass is 9.91. The van der Waals surface area contributed by atoms with Crippen LogP contribution in [0.1, 0.15) is 46.5 Å². The van der Waals surface area contributed by atoms with Gasteiger partial charge in [-0.15, -0.1) is 0 Å². The minimum atomic E-state index is -0.259. The van der Waals surface area contributed by atoms with Crippen LogP contribution in [0.2, 0.25) is 0 Å². The molecule has 1 aliphatic carbocycles. The Balaban J connectivity index is 2.14. The first-order valence-corrected chi connectivity index (χ1v) is 6.78. The Labute approximate surface area is 104 Å². The van der Waals surface area contributed by atoms with E-state index in [2.05, 4.69) is 17.6 Å². The first-order valence-electron chi connectivity index (χ1n) is 6.78. The van der Waals surface area contributed by atoms with Crippen LogP contribution in [-0.2, 0) is 4.74 Å². The molecule has 17 heavy (non-hydrogen) atoms. The largest absolute Gasteiger partial charge is 0.449 e. The average molecular weight is 242 g/mol. The molecule has 0 aliphatic heterocycles. The van der Waals surface area contributed by atoms with Gasteiger partial charge in [0, 0.05) is 12.1 Å². The van der Waals surface area contributed by atoms with Crippen molar-refractivity contribution in [1.29, 1.82) is 0 Å². The Hall–Kier alpha value is -0.770. The summed E-state index contributed by atoms with van der Waals surface area (Å²) in [7, 11) is 0. The van der Waals surface area contributed by atoms with Crippen LogP contribution in [0, 0.1) is 5.92 Å². The zero-order valence-electron chi connectivity index (χ0n) is 11.3. The van der Waals surface area contributed by atoms with Gasteiger partial charge in [-0.2, -0.15) is 0 Å². The van der Waals surface area contributed by atoms with E-state index < -0.39 is 0 Å². The Morgan fingerprint density at radius 1 is 1.24 bits per heavy atom. The molecule has 0 saturated heterocycles. The fourth-order valence-corrected chi connectivity index (χ4v) is 2.18. The smallest absolute Gasteiger partial charge is 0.407 e. The van der Waals surface area contributed by atoms with E-state index in [9.17, 15) is 4.79 Å². The Kier molecular flexibility index (Phi) is 6.34. The van der Waals surface area contributed by atoms with Gasteiger partial charge < -0.3 is 15.4 Å². The van der Waals surface area contributed by atoms with Gasteiger partial charge in [0.05, 0.1) is 6.61 Å². The van der Waals surface area contributed by atoms with E-state index >= 15 is 0 Å². The van der Waals surface area contributed by atoms with Gasteiger partial charge >= 0.3 is 6.09 Å². The summed E-state index contributed by atoms with van der Waals surface area (Å²) in [5, 5.41) is 6.40. The lowest BCUT2D eigenvalue weighted by molar-refractivity contribution is 0.126. The molecule has 1 saturated carbocycles. The first kappa shape index (κ1) is 14.3. The fraction of sp³-hybridized carbons (Fsp3) is 0.923. The van der Waals surface area contributed by atoms with Crippen LogP contribution >= 0.6 is 0 Å². The molecule has 1 aliphatic rings. The average Bonchev–Trinajstić information content (AvgIpc) is 2.29. The second-order valence-electron chi connectivity index (χ2n) is 5.24. The van der Waals surface area contributed by atoms with Crippen LogP contribution in [-0.4, -0.2) is 31.3 Å². The number of carbonyl (C=O) groups is 1. The topological polar surface area (TPSA) is 50.4 Å². The number of carbonyl (C=O) groups excluding carboxylic acids is 1. The predicted molar refractivity (Wildman–Crippen MR) is 69.0 cm³/mol. The molecule has 100 valence electrons. The van der Waals surface area contributed by atoms with Gasteiger partial charge in [0.25, 0.3) is 0 Å². The molecule has 0 bridgehead atoms. The molecule has 0 unspecified atom stereocenters. The molecule has 0 aromatic rings. The zero-order valence-corrected chi connectivity index (χ0v) is 11.3. The van der Waals surface area contributed by atoms with Gasteiger partial charge in [-0.25, -0.2) is 4.79 Å². The quantitative estimate of drug-likeness (QED) is 0.777. The van der Waals surface area contributed by atoms with Crippen molar-refractivity contribution in [3.8, 4) is 0 Å². The van der Waals surface area contributed by atoms with E-state index in [4.69, 9.17) is 4.74 Å². The number of amides is 1. The van der Waals surface area contributed by atoms with Gasteiger partial charge in [0.2, 0.25) is 0 Å². The molecule has 0 spiro atoms. The summed E-state index contributed by atoms with van der Waals surface area (Å²) >= 11 is 0. The third kappa shape index (κ3) is 5.91. The zero-order chi connectivity index (χ0) is 12.7. The molecule has 1 amide bonds. The van der Waals surface area contributed by atoms with Crippen molar-refractivity contribution in [2.45, 2.75) is 58.5 Å². The van der Waals surface area contributed by atoms with Crippen LogP contribution in [0.5, 0.6) is 0 Å². The lowest BCUT2D eigenvalue weighted by Gasteiger charge is -2.29. The number of hydrogen-bond acceptors (Lipinski definition) is 3. The highest BCUT2D eigenvalue weighted by Crippen LogP contribution is 2.18. The molecule has 4 heteroatoms. The molecule has 0 aromatic heterocycles. The minimum Gasteiger partial charge on any atom is -0.449 e. The highest BCUT2D eigenvalue weighted by atomic mass is 16.5. The molecule has 0 atom stereocenters. The lowest BCUT2D eigenvalue weighted by Crippen LogP contribution is -2.42. The maximum absolute atomic E-state index is 11.5. The van der Waals surface area contributed by atoms with E-state index in [1.807, 2.05) is 13.8 Å². The Bertz CT molecular complexity index is 223. The van der Waals surface area contributed by atoms with E-state index in [-0.39, 0.29) is 6.09 Å². The van der Waals surface area contributed by atoms with Crippen molar-refractivity contribution in [2.75, 3.05) is 13.2 Å². The summed E-state index contributed by atoms with van der Waals surface area (Å²) in [5.41, 5.74) is 0. The van der Waals surface area contributed by atoms with Crippen molar-refractivity contribution in [2.24, 2.45) is 5.92 Å². The minimum absolute atomic E-state index is 0.259. The van der Waals surface area contributed by atoms with E-state index in [1.54, 1.807) is 0 Å². The van der Waals surface area contributed by atoms with Gasteiger partial charge in [0.15, 0.2) is 0 Å². The molecule has 1 fully saturated rings.